The lowest BCUT2D eigenvalue weighted by atomic mass is 10.2. The summed E-state index contributed by atoms with van der Waals surface area (Å²) in [7, 11) is 0. The molecule has 2 aromatic carbocycles. The monoisotopic (exact) mass is 313 g/mol. The molecule has 120 valence electrons. The van der Waals surface area contributed by atoms with Gasteiger partial charge in [0.25, 0.3) is 5.91 Å². The Bertz CT molecular complexity index is 680. The molecule has 5 nitrogen and oxygen atoms in total. The van der Waals surface area contributed by atoms with E-state index in [1.807, 2.05) is 6.07 Å². The van der Waals surface area contributed by atoms with Crippen LogP contribution < -0.4 is 10.1 Å². The lowest BCUT2D eigenvalue weighted by Crippen LogP contribution is -2.17. The molecule has 2 N–H and O–H groups in total. The minimum absolute atomic E-state index is 0.0339. The number of nitrogens with one attached hydrogen (secondary N) is 1. The van der Waals surface area contributed by atoms with E-state index in [2.05, 4.69) is 5.32 Å². The van der Waals surface area contributed by atoms with Gasteiger partial charge in [-0.3, -0.25) is 4.79 Å². The van der Waals surface area contributed by atoms with Crippen LogP contribution in [0.3, 0.4) is 0 Å². The molecule has 2 aromatic rings. The summed E-state index contributed by atoms with van der Waals surface area (Å²) in [5.41, 5.74) is 0.848. The molecule has 0 aromatic heterocycles. The third-order valence-corrected chi connectivity index (χ3v) is 3.71. The van der Waals surface area contributed by atoms with Crippen LogP contribution in [0.4, 0.5) is 5.69 Å². The first-order valence-corrected chi connectivity index (χ1v) is 7.66. The van der Waals surface area contributed by atoms with E-state index < -0.39 is 0 Å². The van der Waals surface area contributed by atoms with Crippen molar-refractivity contribution in [1.82, 2.24) is 0 Å². The molecule has 1 aliphatic heterocycles. The minimum atomic E-state index is -0.297. The molecule has 1 atom stereocenters. The van der Waals surface area contributed by atoms with Gasteiger partial charge in [-0.2, -0.15) is 0 Å². The number of anilines is 1. The molecule has 0 radical (unpaired) electrons. The quantitative estimate of drug-likeness (QED) is 0.832. The van der Waals surface area contributed by atoms with Crippen LogP contribution in [-0.4, -0.2) is 30.3 Å². The molecule has 0 bridgehead atoms. The van der Waals surface area contributed by atoms with Crippen molar-refractivity contribution in [2.24, 2.45) is 0 Å². The lowest BCUT2D eigenvalue weighted by molar-refractivity contribution is 0.0679. The minimum Gasteiger partial charge on any atom is -0.506 e. The van der Waals surface area contributed by atoms with Crippen molar-refractivity contribution in [3.05, 3.63) is 54.1 Å². The van der Waals surface area contributed by atoms with Crippen LogP contribution in [0, 0.1) is 0 Å². The van der Waals surface area contributed by atoms with Crippen molar-refractivity contribution in [2.75, 3.05) is 18.5 Å². The Morgan fingerprint density at radius 2 is 2.13 bits per heavy atom. The third kappa shape index (κ3) is 4.02. The van der Waals surface area contributed by atoms with Crippen LogP contribution in [0.2, 0.25) is 0 Å². The van der Waals surface area contributed by atoms with E-state index >= 15 is 0 Å². The zero-order chi connectivity index (χ0) is 16.1. The number of hydrogen-bond acceptors (Lipinski definition) is 4. The average molecular weight is 313 g/mol. The molecular formula is C18H19NO4. The number of amides is 1. The van der Waals surface area contributed by atoms with Crippen LogP contribution >= 0.6 is 0 Å². The molecule has 1 unspecified atom stereocenters. The van der Waals surface area contributed by atoms with E-state index in [0.29, 0.717) is 23.6 Å². The predicted octanol–water partition coefficient (Wildman–Crippen LogP) is 3.20. The Morgan fingerprint density at radius 3 is 2.91 bits per heavy atom. The number of benzene rings is 2. The Hall–Kier alpha value is -2.53. The molecule has 3 rings (SSSR count). The first-order chi connectivity index (χ1) is 11.2. The van der Waals surface area contributed by atoms with Crippen LogP contribution in [0.15, 0.2) is 48.5 Å². The summed E-state index contributed by atoms with van der Waals surface area (Å²) >= 11 is 0. The summed E-state index contributed by atoms with van der Waals surface area (Å²) in [6.45, 7) is 1.28. The second-order valence-corrected chi connectivity index (χ2v) is 5.45. The number of phenols is 1. The highest BCUT2D eigenvalue weighted by Gasteiger charge is 2.16. The van der Waals surface area contributed by atoms with Gasteiger partial charge in [0.1, 0.15) is 18.1 Å². The van der Waals surface area contributed by atoms with E-state index in [-0.39, 0.29) is 17.8 Å². The van der Waals surface area contributed by atoms with E-state index in [1.54, 1.807) is 36.4 Å². The predicted molar refractivity (Wildman–Crippen MR) is 87.0 cm³/mol. The Morgan fingerprint density at radius 1 is 1.26 bits per heavy atom. The molecule has 23 heavy (non-hydrogen) atoms. The van der Waals surface area contributed by atoms with Crippen molar-refractivity contribution < 1.29 is 19.4 Å². The molecule has 1 amide bonds. The molecule has 1 aliphatic rings. The number of carbonyl (C=O) groups excluding carboxylic acids is 1. The first kappa shape index (κ1) is 15.4. The zero-order valence-corrected chi connectivity index (χ0v) is 12.7. The molecule has 1 heterocycles. The number of phenolic OH excluding ortho intramolecular Hbond substituents is 1. The van der Waals surface area contributed by atoms with Crippen LogP contribution in [0.1, 0.15) is 23.2 Å². The Kier molecular flexibility index (Phi) is 4.78. The highest BCUT2D eigenvalue weighted by atomic mass is 16.5. The van der Waals surface area contributed by atoms with Gasteiger partial charge >= 0.3 is 0 Å². The summed E-state index contributed by atoms with van der Waals surface area (Å²) in [6, 6.07) is 13.6. The van der Waals surface area contributed by atoms with E-state index in [9.17, 15) is 9.90 Å². The molecular weight excluding hydrogens is 294 g/mol. The Balaban J connectivity index is 1.64. The Labute approximate surface area is 134 Å². The fraction of sp³-hybridized carbons (Fsp3) is 0.278. The van der Waals surface area contributed by atoms with Crippen LogP contribution in [0.5, 0.6) is 11.5 Å². The fourth-order valence-electron chi connectivity index (χ4n) is 2.47. The number of aromatic hydroxyl groups is 1. The van der Waals surface area contributed by atoms with Gasteiger partial charge in [0.15, 0.2) is 0 Å². The van der Waals surface area contributed by atoms with E-state index in [0.717, 1.165) is 19.4 Å². The summed E-state index contributed by atoms with van der Waals surface area (Å²) in [5.74, 6) is 0.367. The second-order valence-electron chi connectivity index (χ2n) is 5.45. The maximum absolute atomic E-state index is 12.3. The standard InChI is InChI=1S/C18H19NO4/c20-17-9-2-1-8-16(17)19-18(21)13-5-3-6-14(11-13)23-12-15-7-4-10-22-15/h1-3,5-6,8-9,11,15,20H,4,7,10,12H2,(H,19,21). The molecule has 5 heteroatoms. The van der Waals surface area contributed by atoms with Gasteiger partial charge in [-0.05, 0) is 43.2 Å². The molecule has 0 spiro atoms. The van der Waals surface area contributed by atoms with Gasteiger partial charge in [-0.25, -0.2) is 0 Å². The molecule has 1 saturated heterocycles. The highest BCUT2D eigenvalue weighted by molar-refractivity contribution is 6.05. The third-order valence-electron chi connectivity index (χ3n) is 3.71. The summed E-state index contributed by atoms with van der Waals surface area (Å²) in [4.78, 5) is 12.3. The van der Waals surface area contributed by atoms with Gasteiger partial charge in [0, 0.05) is 12.2 Å². The maximum atomic E-state index is 12.3. The normalized spacial score (nSPS) is 17.0. The maximum Gasteiger partial charge on any atom is 0.255 e. The number of ether oxygens (including phenoxy) is 2. The van der Waals surface area contributed by atoms with Crippen molar-refractivity contribution in [3.8, 4) is 11.5 Å². The number of rotatable bonds is 5. The van der Waals surface area contributed by atoms with E-state index in [4.69, 9.17) is 9.47 Å². The van der Waals surface area contributed by atoms with Gasteiger partial charge in [0.05, 0.1) is 11.8 Å². The van der Waals surface area contributed by atoms with Crippen molar-refractivity contribution in [3.63, 3.8) is 0 Å². The van der Waals surface area contributed by atoms with E-state index in [1.165, 1.54) is 6.07 Å². The average Bonchev–Trinajstić information content (AvgIpc) is 3.09. The van der Waals surface area contributed by atoms with Crippen molar-refractivity contribution in [1.29, 1.82) is 0 Å². The summed E-state index contributed by atoms with van der Waals surface area (Å²) in [6.07, 6.45) is 2.21. The summed E-state index contributed by atoms with van der Waals surface area (Å²) < 4.78 is 11.2. The number of carbonyl (C=O) groups is 1. The van der Waals surface area contributed by atoms with Gasteiger partial charge < -0.3 is 19.9 Å². The molecule has 0 saturated carbocycles. The largest absolute Gasteiger partial charge is 0.506 e. The SMILES string of the molecule is O=C(Nc1ccccc1O)c1cccc(OCC2CCCO2)c1. The smallest absolute Gasteiger partial charge is 0.255 e. The zero-order valence-electron chi connectivity index (χ0n) is 12.7. The van der Waals surface area contributed by atoms with Crippen molar-refractivity contribution >= 4 is 11.6 Å². The van der Waals surface area contributed by atoms with Gasteiger partial charge in [-0.1, -0.05) is 18.2 Å². The van der Waals surface area contributed by atoms with Crippen molar-refractivity contribution in [2.45, 2.75) is 18.9 Å². The summed E-state index contributed by atoms with van der Waals surface area (Å²) in [5, 5.41) is 12.4. The molecule has 0 aliphatic carbocycles. The highest BCUT2D eigenvalue weighted by Crippen LogP contribution is 2.23. The molecule has 1 fully saturated rings. The topological polar surface area (TPSA) is 67.8 Å². The fourth-order valence-corrected chi connectivity index (χ4v) is 2.47. The van der Waals surface area contributed by atoms with Crippen LogP contribution in [-0.2, 0) is 4.74 Å². The van der Waals surface area contributed by atoms with Gasteiger partial charge in [-0.15, -0.1) is 0 Å². The second kappa shape index (κ2) is 7.15. The van der Waals surface area contributed by atoms with Gasteiger partial charge in [0.2, 0.25) is 0 Å². The first-order valence-electron chi connectivity index (χ1n) is 7.66. The number of hydrogen-bond donors (Lipinski definition) is 2. The lowest BCUT2D eigenvalue weighted by Gasteiger charge is -2.12. The number of para-hydroxylation sites is 2. The van der Waals surface area contributed by atoms with Crippen LogP contribution in [0.25, 0.3) is 0 Å².